The Morgan fingerprint density at radius 3 is 2.29 bits per heavy atom. The highest BCUT2D eigenvalue weighted by Gasteiger charge is 2.07. The molecule has 0 radical (unpaired) electrons. The number of nitrogens with two attached hydrogens (primary N) is 2. The molecule has 6 heteroatoms. The highest BCUT2D eigenvalue weighted by atomic mass is 15.2. The van der Waals surface area contributed by atoms with Crippen LogP contribution in [-0.4, -0.2) is 15.0 Å². The third-order valence-corrected chi connectivity index (χ3v) is 3.50. The molecule has 0 saturated heterocycles. The molecule has 120 valence electrons. The van der Waals surface area contributed by atoms with Gasteiger partial charge in [0.15, 0.2) is 5.82 Å². The molecule has 0 spiro atoms. The van der Waals surface area contributed by atoms with Crippen molar-refractivity contribution in [1.82, 2.24) is 15.0 Å². The van der Waals surface area contributed by atoms with Crippen molar-refractivity contribution in [2.75, 3.05) is 11.1 Å². The number of benzene rings is 2. The third kappa shape index (κ3) is 3.56. The summed E-state index contributed by atoms with van der Waals surface area (Å²) in [5.41, 5.74) is 15.2. The van der Waals surface area contributed by atoms with Gasteiger partial charge in [0.2, 0.25) is 11.9 Å². The molecule has 5 N–H and O–H groups in total. The summed E-state index contributed by atoms with van der Waals surface area (Å²) in [5, 5.41) is 3.13. The molecule has 24 heavy (non-hydrogen) atoms. The van der Waals surface area contributed by atoms with Crippen LogP contribution < -0.4 is 16.8 Å². The fourth-order valence-electron chi connectivity index (χ4n) is 2.20. The average molecular weight is 318 g/mol. The van der Waals surface area contributed by atoms with Crippen molar-refractivity contribution in [1.29, 1.82) is 0 Å². The molecule has 0 atom stereocenters. The predicted octanol–water partition coefficient (Wildman–Crippen LogP) is 2.97. The highest BCUT2D eigenvalue weighted by molar-refractivity contribution is 5.62. The van der Waals surface area contributed by atoms with Gasteiger partial charge in [-0.15, -0.1) is 0 Å². The normalized spacial score (nSPS) is 10.4. The predicted molar refractivity (Wildman–Crippen MR) is 97.4 cm³/mol. The fraction of sp³-hybridized carbons (Fsp3) is 0.0556. The van der Waals surface area contributed by atoms with Crippen LogP contribution in [0.3, 0.4) is 0 Å². The van der Waals surface area contributed by atoms with E-state index in [-0.39, 0.29) is 5.95 Å². The first kappa shape index (κ1) is 15.6. The van der Waals surface area contributed by atoms with Gasteiger partial charge < -0.3 is 16.8 Å². The van der Waals surface area contributed by atoms with Crippen LogP contribution in [0.15, 0.2) is 55.1 Å². The van der Waals surface area contributed by atoms with Gasteiger partial charge in [-0.3, -0.25) is 0 Å². The van der Waals surface area contributed by atoms with E-state index in [2.05, 4.69) is 26.8 Å². The Hall–Kier alpha value is -3.25. The van der Waals surface area contributed by atoms with Gasteiger partial charge in [0.1, 0.15) is 0 Å². The summed E-state index contributed by atoms with van der Waals surface area (Å²) in [6, 6.07) is 15.5. The molecular formula is C18H18N6. The third-order valence-electron chi connectivity index (χ3n) is 3.50. The summed E-state index contributed by atoms with van der Waals surface area (Å²) >= 11 is 0. The van der Waals surface area contributed by atoms with E-state index < -0.39 is 0 Å². The van der Waals surface area contributed by atoms with E-state index in [1.54, 1.807) is 6.08 Å². The standard InChI is InChI=1S/C18H18N6/c1-2-12-5-9-15(10-6-12)21-18-23-16(22-17(20)24-18)14-7-3-13(11-19)4-8-14/h2-10H,1,11,19H2,(H3,20,21,22,23,24). The van der Waals surface area contributed by atoms with E-state index in [1.807, 2.05) is 48.5 Å². The molecule has 0 aliphatic carbocycles. The molecule has 0 saturated carbocycles. The monoisotopic (exact) mass is 318 g/mol. The van der Waals surface area contributed by atoms with E-state index >= 15 is 0 Å². The molecule has 0 fully saturated rings. The maximum atomic E-state index is 5.82. The van der Waals surface area contributed by atoms with Crippen LogP contribution in [0, 0.1) is 0 Å². The quantitative estimate of drug-likeness (QED) is 0.668. The van der Waals surface area contributed by atoms with Gasteiger partial charge in [-0.25, -0.2) is 0 Å². The second-order valence-corrected chi connectivity index (χ2v) is 5.19. The number of rotatable bonds is 5. The number of aromatic nitrogens is 3. The minimum Gasteiger partial charge on any atom is -0.368 e. The summed E-state index contributed by atoms with van der Waals surface area (Å²) in [7, 11) is 0. The number of nitrogens with zero attached hydrogens (tertiary/aromatic N) is 3. The summed E-state index contributed by atoms with van der Waals surface area (Å²) in [4.78, 5) is 12.8. The van der Waals surface area contributed by atoms with Crippen molar-refractivity contribution in [2.45, 2.75) is 6.54 Å². The van der Waals surface area contributed by atoms with Gasteiger partial charge in [0, 0.05) is 17.8 Å². The maximum Gasteiger partial charge on any atom is 0.232 e. The van der Waals surface area contributed by atoms with Crippen molar-refractivity contribution < 1.29 is 0 Å². The van der Waals surface area contributed by atoms with Crippen molar-refractivity contribution in [2.24, 2.45) is 5.73 Å². The maximum absolute atomic E-state index is 5.82. The number of nitrogens with one attached hydrogen (secondary N) is 1. The molecule has 2 aromatic carbocycles. The lowest BCUT2D eigenvalue weighted by Gasteiger charge is -2.08. The van der Waals surface area contributed by atoms with Crippen molar-refractivity contribution in [3.8, 4) is 11.4 Å². The van der Waals surface area contributed by atoms with Gasteiger partial charge in [-0.05, 0) is 23.3 Å². The lowest BCUT2D eigenvalue weighted by atomic mass is 10.1. The smallest absolute Gasteiger partial charge is 0.232 e. The minimum atomic E-state index is 0.160. The van der Waals surface area contributed by atoms with Crippen molar-refractivity contribution >= 4 is 23.7 Å². The van der Waals surface area contributed by atoms with E-state index in [9.17, 15) is 0 Å². The molecule has 0 aliphatic rings. The van der Waals surface area contributed by atoms with Crippen molar-refractivity contribution in [3.63, 3.8) is 0 Å². The summed E-state index contributed by atoms with van der Waals surface area (Å²) in [5.74, 6) is 1.07. The van der Waals surface area contributed by atoms with E-state index in [1.165, 1.54) is 0 Å². The second kappa shape index (κ2) is 6.89. The molecule has 0 amide bonds. The second-order valence-electron chi connectivity index (χ2n) is 5.19. The number of anilines is 3. The van der Waals surface area contributed by atoms with Crippen LogP contribution in [0.1, 0.15) is 11.1 Å². The highest BCUT2D eigenvalue weighted by Crippen LogP contribution is 2.20. The number of hydrogen-bond acceptors (Lipinski definition) is 6. The Bertz CT molecular complexity index is 840. The van der Waals surface area contributed by atoms with Crippen LogP contribution >= 0.6 is 0 Å². The first-order chi connectivity index (χ1) is 11.7. The van der Waals surface area contributed by atoms with Gasteiger partial charge in [-0.1, -0.05) is 49.1 Å². The Morgan fingerprint density at radius 1 is 0.958 bits per heavy atom. The molecule has 3 aromatic rings. The molecule has 0 aliphatic heterocycles. The summed E-state index contributed by atoms with van der Waals surface area (Å²) < 4.78 is 0. The first-order valence-electron chi connectivity index (χ1n) is 7.48. The zero-order valence-corrected chi connectivity index (χ0v) is 13.1. The van der Waals surface area contributed by atoms with Crippen LogP contribution in [0.2, 0.25) is 0 Å². The van der Waals surface area contributed by atoms with Crippen LogP contribution in [0.25, 0.3) is 17.5 Å². The van der Waals surface area contributed by atoms with Crippen molar-refractivity contribution in [3.05, 3.63) is 66.2 Å². The summed E-state index contributed by atoms with van der Waals surface area (Å²) in [6.07, 6.45) is 1.79. The molecule has 1 heterocycles. The van der Waals surface area contributed by atoms with Gasteiger partial charge >= 0.3 is 0 Å². The van der Waals surface area contributed by atoms with Gasteiger partial charge in [0.25, 0.3) is 0 Å². The number of hydrogen-bond donors (Lipinski definition) is 3. The number of nitrogen functional groups attached to an aromatic ring is 1. The van der Waals surface area contributed by atoms with Gasteiger partial charge in [0.05, 0.1) is 0 Å². The minimum absolute atomic E-state index is 0.160. The average Bonchev–Trinajstić information content (AvgIpc) is 2.62. The Labute approximate surface area is 140 Å². The van der Waals surface area contributed by atoms with Crippen LogP contribution in [-0.2, 0) is 6.54 Å². The lowest BCUT2D eigenvalue weighted by Crippen LogP contribution is -2.05. The zero-order chi connectivity index (χ0) is 16.9. The molecular weight excluding hydrogens is 300 g/mol. The Balaban J connectivity index is 1.88. The molecule has 1 aromatic heterocycles. The Kier molecular flexibility index (Phi) is 4.49. The Morgan fingerprint density at radius 2 is 1.67 bits per heavy atom. The topological polar surface area (TPSA) is 103 Å². The largest absolute Gasteiger partial charge is 0.368 e. The zero-order valence-electron chi connectivity index (χ0n) is 13.1. The first-order valence-corrected chi connectivity index (χ1v) is 7.48. The van der Waals surface area contributed by atoms with Crippen LogP contribution in [0.4, 0.5) is 17.6 Å². The van der Waals surface area contributed by atoms with Crippen LogP contribution in [0.5, 0.6) is 0 Å². The summed E-state index contributed by atoms with van der Waals surface area (Å²) in [6.45, 7) is 4.23. The molecule has 0 unspecified atom stereocenters. The molecule has 0 bridgehead atoms. The molecule has 3 rings (SSSR count). The van der Waals surface area contributed by atoms with Gasteiger partial charge in [-0.2, -0.15) is 15.0 Å². The SMILES string of the molecule is C=Cc1ccc(Nc2nc(N)nc(-c3ccc(CN)cc3)n2)cc1. The fourth-order valence-corrected chi connectivity index (χ4v) is 2.20. The molecule has 6 nitrogen and oxygen atoms in total. The van der Waals surface area contributed by atoms with E-state index in [0.717, 1.165) is 22.4 Å². The van der Waals surface area contributed by atoms with E-state index in [0.29, 0.717) is 18.3 Å². The van der Waals surface area contributed by atoms with E-state index in [4.69, 9.17) is 11.5 Å². The lowest BCUT2D eigenvalue weighted by molar-refractivity contribution is 1.06.